The number of carbonyl (C=O) groups is 2. The number of nitrogens with zero attached hydrogens (tertiary/aromatic N) is 2. The van der Waals surface area contributed by atoms with Crippen LogP contribution in [0, 0.1) is 5.92 Å². The van der Waals surface area contributed by atoms with E-state index in [-0.39, 0.29) is 18.1 Å². The first kappa shape index (κ1) is 18.6. The Hall–Kier alpha value is -2.22. The lowest BCUT2D eigenvalue weighted by molar-refractivity contribution is -0.146. The number of carboxylic acids is 1. The van der Waals surface area contributed by atoms with Crippen molar-refractivity contribution in [3.05, 3.63) is 29.8 Å². The number of carbonyl (C=O) groups excluding carboxylic acids is 1. The summed E-state index contributed by atoms with van der Waals surface area (Å²) >= 11 is 0. The molecule has 1 aromatic carbocycles. The number of hydrogen-bond donors (Lipinski definition) is 1. The van der Waals surface area contributed by atoms with Gasteiger partial charge < -0.3 is 14.7 Å². The number of hydrogen-bond acceptors (Lipinski definition) is 4. The molecule has 26 heavy (non-hydrogen) atoms. The van der Waals surface area contributed by atoms with Crippen molar-refractivity contribution in [2.75, 3.05) is 20.1 Å². The molecular formula is C18H22F2N2O4. The van der Waals surface area contributed by atoms with Crippen LogP contribution in [0.1, 0.15) is 24.8 Å². The highest BCUT2D eigenvalue weighted by molar-refractivity contribution is 5.88. The maximum absolute atomic E-state index is 12.3. The molecule has 2 heterocycles. The van der Waals surface area contributed by atoms with E-state index in [2.05, 4.69) is 9.64 Å². The zero-order valence-corrected chi connectivity index (χ0v) is 14.5. The van der Waals surface area contributed by atoms with E-state index in [4.69, 9.17) is 0 Å². The van der Waals surface area contributed by atoms with Gasteiger partial charge in [-0.05, 0) is 30.5 Å². The molecule has 0 aromatic heterocycles. The summed E-state index contributed by atoms with van der Waals surface area (Å²) in [6.07, 6.45) is 1.22. The molecule has 2 aliphatic rings. The Balaban J connectivity index is 1.65. The Morgan fingerprint density at radius 3 is 2.69 bits per heavy atom. The fraction of sp³-hybridized carbons (Fsp3) is 0.556. The van der Waals surface area contributed by atoms with Gasteiger partial charge in [-0.15, -0.1) is 0 Å². The van der Waals surface area contributed by atoms with Crippen molar-refractivity contribution in [1.82, 2.24) is 9.80 Å². The number of piperidine rings is 1. The predicted octanol–water partition coefficient (Wildman–Crippen LogP) is 2.19. The van der Waals surface area contributed by atoms with Gasteiger partial charge in [0.15, 0.2) is 0 Å². The first-order valence-electron chi connectivity index (χ1n) is 8.57. The van der Waals surface area contributed by atoms with Crippen molar-refractivity contribution in [2.24, 2.45) is 5.92 Å². The number of carboxylic acid groups (broad SMARTS) is 1. The van der Waals surface area contributed by atoms with E-state index in [0.29, 0.717) is 32.5 Å². The van der Waals surface area contributed by atoms with Crippen LogP contribution in [-0.2, 0) is 16.1 Å². The van der Waals surface area contributed by atoms with Crippen molar-refractivity contribution in [3.8, 4) is 5.75 Å². The van der Waals surface area contributed by atoms with E-state index in [9.17, 15) is 23.5 Å². The summed E-state index contributed by atoms with van der Waals surface area (Å²) in [5.41, 5.74) is 0.227. The second-order valence-electron chi connectivity index (χ2n) is 6.95. The molecule has 142 valence electrons. The number of rotatable bonds is 5. The van der Waals surface area contributed by atoms with Gasteiger partial charge in [-0.3, -0.25) is 14.5 Å². The molecule has 1 N–H and O–H groups in total. The number of benzene rings is 1. The molecule has 3 rings (SSSR count). The van der Waals surface area contributed by atoms with Gasteiger partial charge in [-0.1, -0.05) is 12.1 Å². The largest absolute Gasteiger partial charge is 0.481 e. The van der Waals surface area contributed by atoms with Gasteiger partial charge in [0.1, 0.15) is 5.75 Å². The molecule has 0 bridgehead atoms. The van der Waals surface area contributed by atoms with Crippen LogP contribution in [0.25, 0.3) is 0 Å². The predicted molar refractivity (Wildman–Crippen MR) is 88.8 cm³/mol. The number of likely N-dealkylation sites (tertiary alicyclic amines) is 2. The number of alkyl halides is 2. The molecule has 2 fully saturated rings. The zero-order chi connectivity index (χ0) is 18.9. The van der Waals surface area contributed by atoms with Crippen LogP contribution in [-0.4, -0.2) is 59.1 Å². The molecule has 0 unspecified atom stereocenters. The number of aliphatic carboxylic acids is 1. The topological polar surface area (TPSA) is 70.1 Å². The summed E-state index contributed by atoms with van der Waals surface area (Å²) in [5, 5.41) is 9.50. The van der Waals surface area contributed by atoms with E-state index in [1.165, 1.54) is 6.07 Å². The van der Waals surface area contributed by atoms with Crippen LogP contribution in [0.2, 0.25) is 0 Å². The molecule has 6 nitrogen and oxygen atoms in total. The maximum atomic E-state index is 12.3. The highest BCUT2D eigenvalue weighted by Crippen LogP contribution is 2.43. The fourth-order valence-electron chi connectivity index (χ4n) is 4.16. The first-order chi connectivity index (χ1) is 12.3. The van der Waals surface area contributed by atoms with Gasteiger partial charge in [-0.25, -0.2) is 0 Å². The Morgan fingerprint density at radius 1 is 1.38 bits per heavy atom. The molecular weight excluding hydrogens is 346 g/mol. The third-order valence-electron chi connectivity index (χ3n) is 5.62. The van der Waals surface area contributed by atoms with Gasteiger partial charge in [-0.2, -0.15) is 8.78 Å². The van der Waals surface area contributed by atoms with Gasteiger partial charge in [0, 0.05) is 33.1 Å². The molecule has 0 radical (unpaired) electrons. The zero-order valence-electron chi connectivity index (χ0n) is 14.5. The van der Waals surface area contributed by atoms with Crippen LogP contribution in [0.3, 0.4) is 0 Å². The fourth-order valence-corrected chi connectivity index (χ4v) is 4.16. The minimum Gasteiger partial charge on any atom is -0.481 e. The summed E-state index contributed by atoms with van der Waals surface area (Å²) in [7, 11) is 1.69. The Bertz CT molecular complexity index is 690. The minimum absolute atomic E-state index is 0.0544. The molecule has 2 aliphatic heterocycles. The lowest BCUT2D eigenvalue weighted by Crippen LogP contribution is -2.55. The third-order valence-corrected chi connectivity index (χ3v) is 5.62. The standard InChI is InChI=1S/C18H22F2N2O4/c1-21-15(23)10-14(16(24)25)18(21)5-7-22(8-6-18)11-12-3-2-4-13(9-12)26-17(19)20/h2-4,9,14,17H,5-8,10-11H2,1H3,(H,24,25)/t14-/m1/s1. The molecule has 1 spiro atoms. The summed E-state index contributed by atoms with van der Waals surface area (Å²) in [4.78, 5) is 27.4. The summed E-state index contributed by atoms with van der Waals surface area (Å²) < 4.78 is 29.1. The van der Waals surface area contributed by atoms with Crippen LogP contribution in [0.15, 0.2) is 24.3 Å². The minimum atomic E-state index is -2.86. The van der Waals surface area contributed by atoms with E-state index < -0.39 is 24.0 Å². The molecule has 0 aliphatic carbocycles. The number of amides is 1. The Labute approximate surface area is 150 Å². The average molecular weight is 368 g/mol. The van der Waals surface area contributed by atoms with Crippen molar-refractivity contribution in [1.29, 1.82) is 0 Å². The van der Waals surface area contributed by atoms with Crippen molar-refractivity contribution < 1.29 is 28.2 Å². The monoisotopic (exact) mass is 368 g/mol. The lowest BCUT2D eigenvalue weighted by Gasteiger charge is -2.45. The van der Waals surface area contributed by atoms with Gasteiger partial charge in [0.05, 0.1) is 11.5 Å². The second kappa shape index (κ2) is 7.19. The lowest BCUT2D eigenvalue weighted by atomic mass is 9.77. The quantitative estimate of drug-likeness (QED) is 0.863. The maximum Gasteiger partial charge on any atom is 0.387 e. The highest BCUT2D eigenvalue weighted by Gasteiger charge is 2.55. The van der Waals surface area contributed by atoms with Crippen LogP contribution >= 0.6 is 0 Å². The molecule has 0 saturated carbocycles. The van der Waals surface area contributed by atoms with Crippen molar-refractivity contribution >= 4 is 11.9 Å². The van der Waals surface area contributed by atoms with Crippen molar-refractivity contribution in [2.45, 2.75) is 38.0 Å². The molecule has 8 heteroatoms. The van der Waals surface area contributed by atoms with Gasteiger partial charge >= 0.3 is 12.6 Å². The van der Waals surface area contributed by atoms with E-state index >= 15 is 0 Å². The van der Waals surface area contributed by atoms with Crippen molar-refractivity contribution in [3.63, 3.8) is 0 Å². The Kier molecular flexibility index (Phi) is 5.13. The van der Waals surface area contributed by atoms with Crippen LogP contribution in [0.4, 0.5) is 8.78 Å². The van der Waals surface area contributed by atoms with E-state index in [1.807, 2.05) is 6.07 Å². The Morgan fingerprint density at radius 2 is 2.08 bits per heavy atom. The van der Waals surface area contributed by atoms with Crippen LogP contribution in [0.5, 0.6) is 5.75 Å². The summed E-state index contributed by atoms with van der Waals surface area (Å²) in [6, 6.07) is 6.58. The van der Waals surface area contributed by atoms with Gasteiger partial charge in [0.25, 0.3) is 0 Å². The molecule has 1 amide bonds. The number of halogens is 2. The van der Waals surface area contributed by atoms with Crippen LogP contribution < -0.4 is 4.74 Å². The molecule has 1 atom stereocenters. The molecule has 1 aromatic rings. The number of ether oxygens (including phenoxy) is 1. The van der Waals surface area contributed by atoms with E-state index in [1.54, 1.807) is 24.1 Å². The van der Waals surface area contributed by atoms with Gasteiger partial charge in [0.2, 0.25) is 5.91 Å². The first-order valence-corrected chi connectivity index (χ1v) is 8.57. The normalized spacial score (nSPS) is 23.0. The summed E-state index contributed by atoms with van der Waals surface area (Å²) in [6.45, 7) is -1.02. The smallest absolute Gasteiger partial charge is 0.387 e. The second-order valence-corrected chi connectivity index (χ2v) is 6.95. The van der Waals surface area contributed by atoms with E-state index in [0.717, 1.165) is 5.56 Å². The average Bonchev–Trinajstić information content (AvgIpc) is 2.82. The molecule has 2 saturated heterocycles. The SMILES string of the molecule is CN1C(=O)C[C@H](C(=O)O)C12CCN(Cc1cccc(OC(F)F)c1)CC2. The third kappa shape index (κ3) is 3.51. The summed E-state index contributed by atoms with van der Waals surface area (Å²) in [5.74, 6) is -1.60. The highest BCUT2D eigenvalue weighted by atomic mass is 19.3.